The molecule has 0 spiro atoms. The van der Waals surface area contributed by atoms with Gasteiger partial charge in [-0.3, -0.25) is 14.9 Å². The first kappa shape index (κ1) is 19.8. The van der Waals surface area contributed by atoms with Gasteiger partial charge in [0.1, 0.15) is 5.82 Å². The molecule has 2 aromatic rings. The van der Waals surface area contributed by atoms with Crippen LogP contribution in [0.1, 0.15) is 11.1 Å². The van der Waals surface area contributed by atoms with Crippen molar-refractivity contribution in [2.24, 2.45) is 0 Å². The number of halogens is 1. The van der Waals surface area contributed by atoms with Crippen molar-refractivity contribution in [2.75, 3.05) is 13.4 Å². The summed E-state index contributed by atoms with van der Waals surface area (Å²) in [4.78, 5) is 34.1. The van der Waals surface area contributed by atoms with E-state index in [1.807, 2.05) is 0 Å². The van der Waals surface area contributed by atoms with Crippen LogP contribution in [0.3, 0.4) is 0 Å². The van der Waals surface area contributed by atoms with E-state index >= 15 is 0 Å². The predicted molar refractivity (Wildman–Crippen MR) is 97.5 cm³/mol. The minimum atomic E-state index is -0.877. The Kier molecular flexibility index (Phi) is 6.03. The summed E-state index contributed by atoms with van der Waals surface area (Å²) in [5, 5.41) is 13.6. The van der Waals surface area contributed by atoms with E-state index in [1.54, 1.807) is 6.07 Å². The van der Waals surface area contributed by atoms with Crippen LogP contribution in [-0.4, -0.2) is 30.2 Å². The highest BCUT2D eigenvalue weighted by Gasteiger charge is 2.22. The van der Waals surface area contributed by atoms with E-state index in [-0.39, 0.29) is 30.3 Å². The van der Waals surface area contributed by atoms with Crippen LogP contribution < -0.4 is 14.8 Å². The number of nitro benzene ring substituents is 1. The third kappa shape index (κ3) is 5.06. The number of benzene rings is 2. The summed E-state index contributed by atoms with van der Waals surface area (Å²) < 4.78 is 28.5. The largest absolute Gasteiger partial charge is 0.454 e. The van der Waals surface area contributed by atoms with Crippen LogP contribution in [0.25, 0.3) is 6.08 Å². The van der Waals surface area contributed by atoms with E-state index in [0.717, 1.165) is 6.08 Å². The van der Waals surface area contributed by atoms with Crippen LogP contribution in [0.4, 0.5) is 10.1 Å². The number of nitrogens with one attached hydrogen (secondary N) is 1. The molecule has 1 aliphatic rings. The van der Waals surface area contributed by atoms with Crippen molar-refractivity contribution >= 4 is 23.6 Å². The lowest BCUT2D eigenvalue weighted by Crippen LogP contribution is -2.28. The smallest absolute Gasteiger partial charge is 0.331 e. The first-order valence-electron chi connectivity index (χ1n) is 8.37. The van der Waals surface area contributed by atoms with Crippen molar-refractivity contribution in [1.82, 2.24) is 5.32 Å². The van der Waals surface area contributed by atoms with Crippen LogP contribution >= 0.6 is 0 Å². The van der Waals surface area contributed by atoms with Gasteiger partial charge >= 0.3 is 5.97 Å². The van der Waals surface area contributed by atoms with Gasteiger partial charge in [0.2, 0.25) is 6.79 Å². The van der Waals surface area contributed by atoms with E-state index < -0.39 is 29.2 Å². The van der Waals surface area contributed by atoms with Crippen LogP contribution in [0, 0.1) is 15.9 Å². The molecule has 9 nitrogen and oxygen atoms in total. The van der Waals surface area contributed by atoms with Gasteiger partial charge in [-0.2, -0.15) is 0 Å². The summed E-state index contributed by atoms with van der Waals surface area (Å²) in [7, 11) is 0. The Bertz CT molecular complexity index is 991. The Morgan fingerprint density at radius 2 is 1.97 bits per heavy atom. The van der Waals surface area contributed by atoms with Gasteiger partial charge in [-0.25, -0.2) is 9.18 Å². The number of hydrogen-bond donors (Lipinski definition) is 1. The Morgan fingerprint density at radius 1 is 1.24 bits per heavy atom. The zero-order valence-electron chi connectivity index (χ0n) is 14.9. The van der Waals surface area contributed by atoms with Crippen molar-refractivity contribution in [3.8, 4) is 11.5 Å². The summed E-state index contributed by atoms with van der Waals surface area (Å²) >= 11 is 0. The fraction of sp³-hybridized carbons (Fsp3) is 0.158. The van der Waals surface area contributed by atoms with Gasteiger partial charge in [0.05, 0.1) is 16.6 Å². The summed E-state index contributed by atoms with van der Waals surface area (Å²) in [6, 6.07) is 8.50. The molecule has 1 N–H and O–H groups in total. The van der Waals surface area contributed by atoms with E-state index in [4.69, 9.17) is 14.2 Å². The van der Waals surface area contributed by atoms with Crippen molar-refractivity contribution in [2.45, 2.75) is 6.54 Å². The van der Waals surface area contributed by atoms with Gasteiger partial charge < -0.3 is 19.5 Å². The van der Waals surface area contributed by atoms with Crippen molar-refractivity contribution in [1.29, 1.82) is 0 Å². The fourth-order valence-corrected chi connectivity index (χ4v) is 2.47. The molecule has 29 heavy (non-hydrogen) atoms. The SMILES string of the molecule is O=C(COC(=O)/C=C/c1cc2c(cc1[N+](=O)[O-])OCO2)NCc1ccccc1F. The molecule has 3 rings (SSSR count). The molecule has 0 bridgehead atoms. The van der Waals surface area contributed by atoms with Gasteiger partial charge in [0.15, 0.2) is 18.1 Å². The Labute approximate surface area is 163 Å². The zero-order valence-corrected chi connectivity index (χ0v) is 14.9. The molecule has 10 heteroatoms. The molecule has 0 fully saturated rings. The monoisotopic (exact) mass is 402 g/mol. The molecule has 0 aromatic heterocycles. The molecule has 0 radical (unpaired) electrons. The van der Waals surface area contributed by atoms with Crippen LogP contribution in [0.2, 0.25) is 0 Å². The molecule has 2 aromatic carbocycles. The average molecular weight is 402 g/mol. The first-order chi connectivity index (χ1) is 13.9. The highest BCUT2D eigenvalue weighted by atomic mass is 19.1. The topological polar surface area (TPSA) is 117 Å². The number of fused-ring (bicyclic) bond motifs is 1. The lowest BCUT2D eigenvalue weighted by molar-refractivity contribution is -0.385. The second-order valence-corrected chi connectivity index (χ2v) is 5.83. The molecule has 0 atom stereocenters. The molecule has 0 saturated carbocycles. The molecule has 1 amide bonds. The summed E-state index contributed by atoms with van der Waals surface area (Å²) in [5.41, 5.74) is 0.128. The number of esters is 1. The maximum absolute atomic E-state index is 13.5. The van der Waals surface area contributed by atoms with Gasteiger partial charge in [0, 0.05) is 18.2 Å². The summed E-state index contributed by atoms with van der Waals surface area (Å²) in [6.45, 7) is -0.688. The Hall–Kier alpha value is -3.95. The Morgan fingerprint density at radius 3 is 2.69 bits per heavy atom. The maximum atomic E-state index is 13.5. The molecule has 0 unspecified atom stereocenters. The zero-order chi connectivity index (χ0) is 20.8. The van der Waals surface area contributed by atoms with E-state index in [9.17, 15) is 24.1 Å². The lowest BCUT2D eigenvalue weighted by atomic mass is 10.1. The molecule has 150 valence electrons. The minimum Gasteiger partial charge on any atom is -0.454 e. The van der Waals surface area contributed by atoms with E-state index in [2.05, 4.69) is 5.32 Å². The third-order valence-electron chi connectivity index (χ3n) is 3.90. The van der Waals surface area contributed by atoms with Crippen molar-refractivity contribution in [3.05, 3.63) is 69.5 Å². The van der Waals surface area contributed by atoms with Gasteiger partial charge in [-0.05, 0) is 18.2 Å². The minimum absolute atomic E-state index is 0.0519. The number of hydrogen-bond acceptors (Lipinski definition) is 7. The standard InChI is InChI=1S/C19H15FN2O7/c20-14-4-2-1-3-13(14)9-21-18(23)10-27-19(24)6-5-12-7-16-17(29-11-28-16)8-15(12)22(25)26/h1-8H,9-11H2,(H,21,23)/b6-5+. The van der Waals surface area contributed by atoms with Gasteiger partial charge in [-0.15, -0.1) is 0 Å². The molecule has 0 saturated heterocycles. The van der Waals surface area contributed by atoms with Crippen molar-refractivity contribution in [3.63, 3.8) is 0 Å². The maximum Gasteiger partial charge on any atom is 0.331 e. The van der Waals surface area contributed by atoms with Crippen LogP contribution in [0.5, 0.6) is 11.5 Å². The second-order valence-electron chi connectivity index (χ2n) is 5.83. The highest BCUT2D eigenvalue weighted by molar-refractivity contribution is 5.90. The number of nitro groups is 1. The van der Waals surface area contributed by atoms with Gasteiger partial charge in [-0.1, -0.05) is 18.2 Å². The molecule has 1 heterocycles. The lowest BCUT2D eigenvalue weighted by Gasteiger charge is -2.06. The van der Waals surface area contributed by atoms with Crippen LogP contribution in [-0.2, 0) is 20.9 Å². The second kappa shape index (κ2) is 8.83. The molecule has 0 aliphatic carbocycles. The summed E-state index contributed by atoms with van der Waals surface area (Å²) in [5.74, 6) is -1.40. The Balaban J connectivity index is 1.54. The van der Waals surface area contributed by atoms with E-state index in [0.29, 0.717) is 11.3 Å². The number of nitrogens with zero attached hydrogens (tertiary/aromatic N) is 1. The number of carbonyl (C=O) groups is 2. The molecular weight excluding hydrogens is 387 g/mol. The molecular formula is C19H15FN2O7. The average Bonchev–Trinajstić information content (AvgIpc) is 3.16. The first-order valence-corrected chi connectivity index (χ1v) is 8.37. The van der Waals surface area contributed by atoms with Crippen molar-refractivity contribution < 1.29 is 33.1 Å². The molecule has 1 aliphatic heterocycles. The number of ether oxygens (including phenoxy) is 3. The summed E-state index contributed by atoms with van der Waals surface area (Å²) in [6.07, 6.45) is 2.13. The highest BCUT2D eigenvalue weighted by Crippen LogP contribution is 2.38. The van der Waals surface area contributed by atoms with Gasteiger partial charge in [0.25, 0.3) is 11.6 Å². The third-order valence-corrected chi connectivity index (χ3v) is 3.90. The van der Waals surface area contributed by atoms with E-state index in [1.165, 1.54) is 36.4 Å². The quantitative estimate of drug-likeness (QED) is 0.327. The fourth-order valence-electron chi connectivity index (χ4n) is 2.47. The van der Waals surface area contributed by atoms with Crippen LogP contribution in [0.15, 0.2) is 42.5 Å². The number of amides is 1. The number of carbonyl (C=O) groups excluding carboxylic acids is 2. The number of rotatable bonds is 7. The normalized spacial score (nSPS) is 12.0. The predicted octanol–water partition coefficient (Wildman–Crippen LogP) is 2.34.